The lowest BCUT2D eigenvalue weighted by Gasteiger charge is -2.16. The molecule has 11 heavy (non-hydrogen) atoms. The Morgan fingerprint density at radius 3 is 2.82 bits per heavy atom. The maximum absolute atomic E-state index is 10.2. The average Bonchev–Trinajstić information content (AvgIpc) is 2.71. The average molecular weight is 155 g/mol. The van der Waals surface area contributed by atoms with Crippen molar-refractivity contribution in [3.8, 4) is 0 Å². The van der Waals surface area contributed by atoms with Gasteiger partial charge < -0.3 is 10.1 Å². The minimum Gasteiger partial charge on any atom is -0.496 e. The zero-order chi connectivity index (χ0) is 8.32. The molecule has 1 aliphatic carbocycles. The third kappa shape index (κ3) is 1.53. The van der Waals surface area contributed by atoms with Gasteiger partial charge in [-0.2, -0.15) is 0 Å². The van der Waals surface area contributed by atoms with E-state index in [2.05, 4.69) is 11.9 Å². The van der Waals surface area contributed by atoms with Crippen molar-refractivity contribution < 1.29 is 9.53 Å². The van der Waals surface area contributed by atoms with Crippen LogP contribution in [0.3, 0.4) is 0 Å². The van der Waals surface area contributed by atoms with Crippen LogP contribution in [-0.2, 0) is 9.53 Å². The first-order valence-electron chi connectivity index (χ1n) is 3.78. The molecule has 1 saturated carbocycles. The van der Waals surface area contributed by atoms with Crippen LogP contribution in [0.1, 0.15) is 19.8 Å². The van der Waals surface area contributed by atoms with Gasteiger partial charge in [0.15, 0.2) is 0 Å². The van der Waals surface area contributed by atoms with Gasteiger partial charge in [0.05, 0.1) is 12.1 Å². The van der Waals surface area contributed by atoms with Crippen LogP contribution >= 0.6 is 0 Å². The summed E-state index contributed by atoms with van der Waals surface area (Å²) >= 11 is 0. The van der Waals surface area contributed by atoms with E-state index in [4.69, 9.17) is 4.74 Å². The SMILES string of the molecule is C=C(OCC)C1(NC=O)CC1. The summed E-state index contributed by atoms with van der Waals surface area (Å²) in [6.07, 6.45) is 2.60. The summed E-state index contributed by atoms with van der Waals surface area (Å²) in [6, 6.07) is 0. The molecule has 3 nitrogen and oxygen atoms in total. The van der Waals surface area contributed by atoms with Gasteiger partial charge in [-0.25, -0.2) is 0 Å². The number of ether oxygens (including phenoxy) is 1. The highest BCUT2D eigenvalue weighted by atomic mass is 16.5. The molecule has 1 fully saturated rings. The number of hydrogen-bond acceptors (Lipinski definition) is 2. The summed E-state index contributed by atoms with van der Waals surface area (Å²) in [5.74, 6) is 0.687. The van der Waals surface area contributed by atoms with Gasteiger partial charge in [0.25, 0.3) is 0 Å². The zero-order valence-electron chi connectivity index (χ0n) is 6.72. The van der Waals surface area contributed by atoms with E-state index in [1.165, 1.54) is 0 Å². The van der Waals surface area contributed by atoms with E-state index < -0.39 is 0 Å². The summed E-state index contributed by atoms with van der Waals surface area (Å²) < 4.78 is 5.21. The van der Waals surface area contributed by atoms with E-state index in [9.17, 15) is 4.79 Å². The predicted octanol–water partition coefficient (Wildman–Crippen LogP) is 0.815. The lowest BCUT2D eigenvalue weighted by atomic mass is 10.2. The van der Waals surface area contributed by atoms with Crippen molar-refractivity contribution in [2.24, 2.45) is 0 Å². The molecule has 1 N–H and O–H groups in total. The highest BCUT2D eigenvalue weighted by Gasteiger charge is 2.46. The van der Waals surface area contributed by atoms with Crippen molar-refractivity contribution in [2.75, 3.05) is 6.61 Å². The monoisotopic (exact) mass is 155 g/mol. The van der Waals surface area contributed by atoms with E-state index in [-0.39, 0.29) is 5.54 Å². The van der Waals surface area contributed by atoms with Crippen molar-refractivity contribution in [2.45, 2.75) is 25.3 Å². The lowest BCUT2D eigenvalue weighted by molar-refractivity contribution is -0.110. The van der Waals surface area contributed by atoms with Gasteiger partial charge in [0.1, 0.15) is 5.76 Å². The molecule has 3 heteroatoms. The standard InChI is InChI=1S/C8H13NO2/c1-3-11-7(2)8(4-5-8)9-6-10/h6H,2-5H2,1H3,(H,9,10). The molecule has 0 radical (unpaired) electrons. The van der Waals surface area contributed by atoms with Crippen LogP contribution in [0.15, 0.2) is 12.3 Å². The fourth-order valence-electron chi connectivity index (χ4n) is 1.05. The molecular formula is C8H13NO2. The molecule has 1 aliphatic rings. The molecule has 0 spiro atoms. The topological polar surface area (TPSA) is 38.3 Å². The second kappa shape index (κ2) is 2.95. The number of carbonyl (C=O) groups excluding carboxylic acids is 1. The Kier molecular flexibility index (Phi) is 2.17. The Bertz CT molecular complexity index is 173. The molecule has 1 rings (SSSR count). The zero-order valence-corrected chi connectivity index (χ0v) is 6.72. The largest absolute Gasteiger partial charge is 0.496 e. The van der Waals surface area contributed by atoms with E-state index in [1.54, 1.807) is 0 Å². The van der Waals surface area contributed by atoms with E-state index >= 15 is 0 Å². The Morgan fingerprint density at radius 2 is 2.45 bits per heavy atom. The first-order valence-corrected chi connectivity index (χ1v) is 3.78. The molecule has 0 aromatic rings. The van der Waals surface area contributed by atoms with E-state index in [1.807, 2.05) is 6.92 Å². The molecule has 0 atom stereocenters. The molecule has 0 heterocycles. The van der Waals surface area contributed by atoms with Crippen molar-refractivity contribution in [1.29, 1.82) is 0 Å². The highest BCUT2D eigenvalue weighted by molar-refractivity contribution is 5.51. The van der Waals surface area contributed by atoms with Crippen LogP contribution in [0.5, 0.6) is 0 Å². The Balaban J connectivity index is 2.44. The molecule has 0 aliphatic heterocycles. The smallest absolute Gasteiger partial charge is 0.207 e. The lowest BCUT2D eigenvalue weighted by Crippen LogP contribution is -2.32. The third-order valence-electron chi connectivity index (χ3n) is 1.94. The normalized spacial score (nSPS) is 18.6. The summed E-state index contributed by atoms with van der Waals surface area (Å²) in [5, 5.41) is 2.71. The summed E-state index contributed by atoms with van der Waals surface area (Å²) in [4.78, 5) is 10.2. The summed E-state index contributed by atoms with van der Waals surface area (Å²) in [7, 11) is 0. The van der Waals surface area contributed by atoms with Gasteiger partial charge in [0, 0.05) is 0 Å². The number of hydrogen-bond donors (Lipinski definition) is 1. The first-order chi connectivity index (χ1) is 5.25. The predicted molar refractivity (Wildman–Crippen MR) is 41.9 cm³/mol. The van der Waals surface area contributed by atoms with E-state index in [0.29, 0.717) is 18.8 Å². The quantitative estimate of drug-likeness (QED) is 0.471. The molecule has 0 aromatic carbocycles. The fourth-order valence-corrected chi connectivity index (χ4v) is 1.05. The van der Waals surface area contributed by atoms with Crippen LogP contribution < -0.4 is 5.32 Å². The molecule has 0 bridgehead atoms. The van der Waals surface area contributed by atoms with Crippen molar-refractivity contribution in [3.05, 3.63) is 12.3 Å². The van der Waals surface area contributed by atoms with Crippen molar-refractivity contribution in [1.82, 2.24) is 5.32 Å². The van der Waals surface area contributed by atoms with Gasteiger partial charge in [-0.05, 0) is 19.8 Å². The second-order valence-electron chi connectivity index (χ2n) is 2.70. The molecule has 62 valence electrons. The Hall–Kier alpha value is -0.990. The molecule has 0 unspecified atom stereocenters. The summed E-state index contributed by atoms with van der Waals surface area (Å²) in [6.45, 7) is 6.27. The number of nitrogens with one attached hydrogen (secondary N) is 1. The van der Waals surface area contributed by atoms with Crippen LogP contribution in [0.4, 0.5) is 0 Å². The highest BCUT2D eigenvalue weighted by Crippen LogP contribution is 2.41. The van der Waals surface area contributed by atoms with Crippen LogP contribution in [0.25, 0.3) is 0 Å². The maximum atomic E-state index is 10.2. The minimum absolute atomic E-state index is 0.224. The molecule has 0 saturated heterocycles. The van der Waals surface area contributed by atoms with Crippen molar-refractivity contribution >= 4 is 6.41 Å². The van der Waals surface area contributed by atoms with Gasteiger partial charge >= 0.3 is 0 Å². The Labute approximate surface area is 66.4 Å². The minimum atomic E-state index is -0.224. The van der Waals surface area contributed by atoms with Gasteiger partial charge in [-0.15, -0.1) is 0 Å². The van der Waals surface area contributed by atoms with Gasteiger partial charge in [-0.1, -0.05) is 6.58 Å². The third-order valence-corrected chi connectivity index (χ3v) is 1.94. The number of amides is 1. The van der Waals surface area contributed by atoms with E-state index in [0.717, 1.165) is 12.8 Å². The van der Waals surface area contributed by atoms with Gasteiger partial charge in [-0.3, -0.25) is 4.79 Å². The van der Waals surface area contributed by atoms with Crippen LogP contribution in [0.2, 0.25) is 0 Å². The van der Waals surface area contributed by atoms with Gasteiger partial charge in [0.2, 0.25) is 6.41 Å². The number of rotatable bonds is 5. The maximum Gasteiger partial charge on any atom is 0.207 e. The number of carbonyl (C=O) groups is 1. The van der Waals surface area contributed by atoms with Crippen molar-refractivity contribution in [3.63, 3.8) is 0 Å². The molecule has 1 amide bonds. The fraction of sp³-hybridized carbons (Fsp3) is 0.625. The first kappa shape index (κ1) is 8.11. The van der Waals surface area contributed by atoms with Crippen LogP contribution in [-0.4, -0.2) is 18.6 Å². The molecular weight excluding hydrogens is 142 g/mol. The molecule has 0 aromatic heterocycles. The summed E-state index contributed by atoms with van der Waals surface area (Å²) in [5.41, 5.74) is -0.224. The Morgan fingerprint density at radius 1 is 1.82 bits per heavy atom. The second-order valence-corrected chi connectivity index (χ2v) is 2.70. The van der Waals surface area contributed by atoms with Crippen LogP contribution in [0, 0.1) is 0 Å².